The number of aromatic nitrogens is 2. The summed E-state index contributed by atoms with van der Waals surface area (Å²) in [4.78, 5) is 0. The maximum absolute atomic E-state index is 5.77. The van der Waals surface area contributed by atoms with Gasteiger partial charge in [0.1, 0.15) is 12.4 Å². The first-order valence-electron chi connectivity index (χ1n) is 6.88. The highest BCUT2D eigenvalue weighted by molar-refractivity contribution is 5.28. The number of rotatable bonds is 5. The summed E-state index contributed by atoms with van der Waals surface area (Å²) in [6.07, 6.45) is 1.92. The van der Waals surface area contributed by atoms with Gasteiger partial charge in [-0.1, -0.05) is 12.1 Å². The highest BCUT2D eigenvalue weighted by Crippen LogP contribution is 2.15. The van der Waals surface area contributed by atoms with Crippen molar-refractivity contribution in [2.75, 3.05) is 0 Å². The van der Waals surface area contributed by atoms with E-state index in [1.165, 1.54) is 5.56 Å². The van der Waals surface area contributed by atoms with Gasteiger partial charge in [-0.3, -0.25) is 4.68 Å². The molecule has 0 aliphatic rings. The van der Waals surface area contributed by atoms with Gasteiger partial charge in [0.25, 0.3) is 0 Å². The number of nitrogens with one attached hydrogen (secondary N) is 1. The van der Waals surface area contributed by atoms with Crippen LogP contribution >= 0.6 is 0 Å². The van der Waals surface area contributed by atoms with Crippen molar-refractivity contribution in [3.63, 3.8) is 0 Å². The summed E-state index contributed by atoms with van der Waals surface area (Å²) in [6.45, 7) is 7.82. The molecular formula is C16H23N3O. The average Bonchev–Trinajstić information content (AvgIpc) is 2.80. The van der Waals surface area contributed by atoms with Gasteiger partial charge in [-0.2, -0.15) is 5.10 Å². The number of nitrogens with zero attached hydrogens (tertiary/aromatic N) is 2. The van der Waals surface area contributed by atoms with Crippen molar-refractivity contribution in [2.24, 2.45) is 7.05 Å². The van der Waals surface area contributed by atoms with Crippen LogP contribution in [0.1, 0.15) is 32.0 Å². The Morgan fingerprint density at radius 1 is 1.25 bits per heavy atom. The van der Waals surface area contributed by atoms with E-state index in [9.17, 15) is 0 Å². The zero-order valence-corrected chi connectivity index (χ0v) is 12.7. The quantitative estimate of drug-likeness (QED) is 0.910. The molecule has 0 aliphatic heterocycles. The van der Waals surface area contributed by atoms with Gasteiger partial charge >= 0.3 is 0 Å². The molecular weight excluding hydrogens is 250 g/mol. The Hall–Kier alpha value is -1.81. The molecule has 4 nitrogen and oxygen atoms in total. The minimum absolute atomic E-state index is 0.116. The van der Waals surface area contributed by atoms with Gasteiger partial charge in [0.2, 0.25) is 0 Å². The Morgan fingerprint density at radius 2 is 2.05 bits per heavy atom. The van der Waals surface area contributed by atoms with Crippen LogP contribution in [0.3, 0.4) is 0 Å². The maximum Gasteiger partial charge on any atom is 0.132 e. The second-order valence-electron chi connectivity index (χ2n) is 6.02. The first kappa shape index (κ1) is 14.6. The standard InChI is InChI=1S/C16H23N3O/c1-16(2,3)17-11-13-6-5-7-15(10-13)20-12-14-8-9-19(4)18-14/h5-10,17H,11-12H2,1-4H3. The summed E-state index contributed by atoms with van der Waals surface area (Å²) in [5, 5.41) is 7.77. The Balaban J connectivity index is 1.92. The molecule has 0 saturated carbocycles. The van der Waals surface area contributed by atoms with Crippen molar-refractivity contribution >= 4 is 0 Å². The lowest BCUT2D eigenvalue weighted by Crippen LogP contribution is -2.35. The second-order valence-corrected chi connectivity index (χ2v) is 6.02. The first-order chi connectivity index (χ1) is 9.42. The summed E-state index contributed by atoms with van der Waals surface area (Å²) >= 11 is 0. The van der Waals surface area contributed by atoms with E-state index in [1.54, 1.807) is 4.68 Å². The van der Waals surface area contributed by atoms with Crippen LogP contribution in [0.25, 0.3) is 0 Å². The van der Waals surface area contributed by atoms with Crippen molar-refractivity contribution in [3.05, 3.63) is 47.8 Å². The zero-order chi connectivity index (χ0) is 14.6. The smallest absolute Gasteiger partial charge is 0.132 e. The summed E-state index contributed by atoms with van der Waals surface area (Å²) < 4.78 is 7.55. The average molecular weight is 273 g/mol. The van der Waals surface area contributed by atoms with E-state index < -0.39 is 0 Å². The van der Waals surface area contributed by atoms with E-state index in [1.807, 2.05) is 31.4 Å². The van der Waals surface area contributed by atoms with Crippen molar-refractivity contribution < 1.29 is 4.74 Å². The van der Waals surface area contributed by atoms with Gasteiger partial charge < -0.3 is 10.1 Å². The third-order valence-corrected chi connectivity index (χ3v) is 2.88. The first-order valence-corrected chi connectivity index (χ1v) is 6.88. The van der Waals surface area contributed by atoms with E-state index >= 15 is 0 Å². The van der Waals surface area contributed by atoms with Crippen LogP contribution in [0.5, 0.6) is 5.75 Å². The Bertz CT molecular complexity index is 555. The van der Waals surface area contributed by atoms with Crippen LogP contribution in [0, 0.1) is 0 Å². The van der Waals surface area contributed by atoms with Gasteiger partial charge in [0, 0.05) is 25.3 Å². The predicted molar refractivity (Wildman–Crippen MR) is 80.6 cm³/mol. The molecule has 1 aromatic heterocycles. The van der Waals surface area contributed by atoms with Gasteiger partial charge in [-0.25, -0.2) is 0 Å². The molecule has 4 heteroatoms. The van der Waals surface area contributed by atoms with Gasteiger partial charge in [-0.05, 0) is 44.5 Å². The molecule has 20 heavy (non-hydrogen) atoms. The molecule has 108 valence electrons. The van der Waals surface area contributed by atoms with E-state index in [0.29, 0.717) is 6.61 Å². The fourth-order valence-electron chi connectivity index (χ4n) is 1.81. The van der Waals surface area contributed by atoms with Gasteiger partial charge in [0.15, 0.2) is 0 Å². The van der Waals surface area contributed by atoms with Crippen molar-refractivity contribution in [1.82, 2.24) is 15.1 Å². The van der Waals surface area contributed by atoms with Crippen LogP contribution in [0.2, 0.25) is 0 Å². The molecule has 0 aliphatic carbocycles. The fourth-order valence-corrected chi connectivity index (χ4v) is 1.81. The molecule has 2 rings (SSSR count). The Kier molecular flexibility index (Phi) is 4.45. The zero-order valence-electron chi connectivity index (χ0n) is 12.7. The van der Waals surface area contributed by atoms with Crippen molar-refractivity contribution in [1.29, 1.82) is 0 Å². The number of benzene rings is 1. The lowest BCUT2D eigenvalue weighted by molar-refractivity contribution is 0.299. The lowest BCUT2D eigenvalue weighted by Gasteiger charge is -2.20. The highest BCUT2D eigenvalue weighted by Gasteiger charge is 2.08. The monoisotopic (exact) mass is 273 g/mol. The summed E-state index contributed by atoms with van der Waals surface area (Å²) in [6, 6.07) is 10.1. The lowest BCUT2D eigenvalue weighted by atomic mass is 10.1. The molecule has 0 unspecified atom stereocenters. The molecule has 1 aromatic carbocycles. The topological polar surface area (TPSA) is 39.1 Å². The highest BCUT2D eigenvalue weighted by atomic mass is 16.5. The molecule has 0 fully saturated rings. The molecule has 0 saturated heterocycles. The Labute approximate surface area is 120 Å². The van der Waals surface area contributed by atoms with E-state index in [4.69, 9.17) is 4.74 Å². The predicted octanol–water partition coefficient (Wildman–Crippen LogP) is 2.89. The number of ether oxygens (including phenoxy) is 1. The van der Waals surface area contributed by atoms with E-state index in [2.05, 4.69) is 43.3 Å². The molecule has 0 radical (unpaired) electrons. The van der Waals surface area contributed by atoms with Crippen LogP contribution in [-0.4, -0.2) is 15.3 Å². The Morgan fingerprint density at radius 3 is 2.70 bits per heavy atom. The molecule has 1 heterocycles. The van der Waals surface area contributed by atoms with Crippen LogP contribution in [0.4, 0.5) is 0 Å². The van der Waals surface area contributed by atoms with Gasteiger partial charge in [-0.15, -0.1) is 0 Å². The SMILES string of the molecule is Cn1ccc(COc2cccc(CNC(C)(C)C)c2)n1. The van der Waals surface area contributed by atoms with E-state index in [0.717, 1.165) is 18.0 Å². The third-order valence-electron chi connectivity index (χ3n) is 2.88. The molecule has 1 N–H and O–H groups in total. The number of hydrogen-bond acceptors (Lipinski definition) is 3. The van der Waals surface area contributed by atoms with Crippen molar-refractivity contribution in [3.8, 4) is 5.75 Å². The number of aryl methyl sites for hydroxylation is 1. The van der Waals surface area contributed by atoms with Crippen molar-refractivity contribution in [2.45, 2.75) is 39.5 Å². The van der Waals surface area contributed by atoms with E-state index in [-0.39, 0.29) is 5.54 Å². The molecule has 0 atom stereocenters. The largest absolute Gasteiger partial charge is 0.487 e. The van der Waals surface area contributed by atoms with Crippen LogP contribution in [0.15, 0.2) is 36.5 Å². The molecule has 2 aromatic rings. The summed E-state index contributed by atoms with van der Waals surface area (Å²) in [7, 11) is 1.91. The molecule has 0 spiro atoms. The normalized spacial score (nSPS) is 11.6. The maximum atomic E-state index is 5.77. The summed E-state index contributed by atoms with van der Waals surface area (Å²) in [5.41, 5.74) is 2.27. The van der Waals surface area contributed by atoms with Gasteiger partial charge in [0.05, 0.1) is 5.69 Å². The van der Waals surface area contributed by atoms with Crippen LogP contribution in [-0.2, 0) is 20.2 Å². The summed E-state index contributed by atoms with van der Waals surface area (Å²) in [5.74, 6) is 0.879. The number of hydrogen-bond donors (Lipinski definition) is 1. The minimum Gasteiger partial charge on any atom is -0.487 e. The third kappa shape index (κ3) is 4.70. The minimum atomic E-state index is 0.116. The van der Waals surface area contributed by atoms with Crippen LogP contribution < -0.4 is 10.1 Å². The second kappa shape index (κ2) is 6.09. The molecule has 0 amide bonds. The fraction of sp³-hybridized carbons (Fsp3) is 0.438. The molecule has 0 bridgehead atoms.